The Morgan fingerprint density at radius 3 is 2.00 bits per heavy atom. The van der Waals surface area contributed by atoms with Crippen LogP contribution >= 0.6 is 0 Å². The van der Waals surface area contributed by atoms with Crippen molar-refractivity contribution < 1.29 is 0 Å². The van der Waals surface area contributed by atoms with Crippen molar-refractivity contribution in [2.75, 3.05) is 19.6 Å². The van der Waals surface area contributed by atoms with E-state index in [2.05, 4.69) is 17.1 Å². The summed E-state index contributed by atoms with van der Waals surface area (Å²) >= 11 is 0. The molecule has 0 radical (unpaired) electrons. The molecule has 5 fully saturated rings. The van der Waals surface area contributed by atoms with E-state index in [1.807, 2.05) is 0 Å². The largest absolute Gasteiger partial charge is 0.317 e. The zero-order chi connectivity index (χ0) is 12.8. The Labute approximate surface area is 118 Å². The predicted molar refractivity (Wildman–Crippen MR) is 79.1 cm³/mol. The van der Waals surface area contributed by atoms with Crippen LogP contribution in [-0.4, -0.2) is 36.6 Å². The lowest BCUT2D eigenvalue weighted by Gasteiger charge is -2.58. The van der Waals surface area contributed by atoms with Gasteiger partial charge in [-0.1, -0.05) is 6.92 Å². The maximum absolute atomic E-state index is 3.53. The number of nitrogens with zero attached hydrogens (tertiary/aromatic N) is 1. The maximum atomic E-state index is 3.53. The molecule has 4 saturated carbocycles. The Balaban J connectivity index is 1.53. The summed E-state index contributed by atoms with van der Waals surface area (Å²) < 4.78 is 0. The monoisotopic (exact) mass is 262 g/mol. The maximum Gasteiger partial charge on any atom is 0.0155 e. The zero-order valence-corrected chi connectivity index (χ0v) is 12.5. The van der Waals surface area contributed by atoms with Crippen LogP contribution < -0.4 is 5.32 Å². The SMILES string of the molecule is CCN(C1CCNCC1)C1C2CC3CC(C2)CC1C3. The lowest BCUT2D eigenvalue weighted by atomic mass is 9.53. The Morgan fingerprint density at radius 2 is 1.47 bits per heavy atom. The Kier molecular flexibility index (Phi) is 3.35. The molecule has 2 nitrogen and oxygen atoms in total. The molecule has 0 aromatic carbocycles. The number of rotatable bonds is 3. The number of nitrogens with one attached hydrogen (secondary N) is 1. The fourth-order valence-corrected chi connectivity index (χ4v) is 6.29. The molecule has 5 rings (SSSR count). The molecule has 19 heavy (non-hydrogen) atoms. The van der Waals surface area contributed by atoms with Crippen molar-refractivity contribution in [1.29, 1.82) is 0 Å². The molecule has 5 aliphatic rings. The van der Waals surface area contributed by atoms with Crippen molar-refractivity contribution in [2.45, 2.75) is 64.0 Å². The fraction of sp³-hybridized carbons (Fsp3) is 1.00. The van der Waals surface area contributed by atoms with Crippen molar-refractivity contribution in [1.82, 2.24) is 10.2 Å². The van der Waals surface area contributed by atoms with Gasteiger partial charge in [-0.15, -0.1) is 0 Å². The van der Waals surface area contributed by atoms with Gasteiger partial charge in [-0.3, -0.25) is 4.90 Å². The zero-order valence-electron chi connectivity index (χ0n) is 12.5. The van der Waals surface area contributed by atoms with E-state index in [0.29, 0.717) is 0 Å². The number of hydrogen-bond acceptors (Lipinski definition) is 2. The van der Waals surface area contributed by atoms with Crippen LogP contribution in [0.4, 0.5) is 0 Å². The van der Waals surface area contributed by atoms with Crippen LogP contribution in [0, 0.1) is 23.7 Å². The van der Waals surface area contributed by atoms with Crippen molar-refractivity contribution in [2.24, 2.45) is 23.7 Å². The van der Waals surface area contributed by atoms with Crippen LogP contribution in [0.25, 0.3) is 0 Å². The molecule has 0 amide bonds. The van der Waals surface area contributed by atoms with Gasteiger partial charge in [0.15, 0.2) is 0 Å². The van der Waals surface area contributed by atoms with E-state index < -0.39 is 0 Å². The molecular formula is C17H30N2. The predicted octanol–water partition coefficient (Wildman–Crippen LogP) is 2.89. The van der Waals surface area contributed by atoms with Gasteiger partial charge >= 0.3 is 0 Å². The minimum Gasteiger partial charge on any atom is -0.317 e. The second-order valence-corrected chi connectivity index (χ2v) is 7.73. The Morgan fingerprint density at radius 1 is 0.895 bits per heavy atom. The van der Waals surface area contributed by atoms with E-state index in [-0.39, 0.29) is 0 Å². The van der Waals surface area contributed by atoms with Gasteiger partial charge in [-0.2, -0.15) is 0 Å². The summed E-state index contributed by atoms with van der Waals surface area (Å²) in [5.41, 5.74) is 0. The topological polar surface area (TPSA) is 15.3 Å². The highest BCUT2D eigenvalue weighted by molar-refractivity contribution is 5.03. The third-order valence-electron chi connectivity index (χ3n) is 6.70. The van der Waals surface area contributed by atoms with Crippen molar-refractivity contribution in [3.05, 3.63) is 0 Å². The molecular weight excluding hydrogens is 232 g/mol. The van der Waals surface area contributed by atoms with Gasteiger partial charge in [-0.05, 0) is 88.3 Å². The van der Waals surface area contributed by atoms with Gasteiger partial charge < -0.3 is 5.32 Å². The molecule has 2 heteroatoms. The Bertz CT molecular complexity index is 293. The van der Waals surface area contributed by atoms with Gasteiger partial charge in [0.05, 0.1) is 0 Å². The molecule has 1 aliphatic heterocycles. The van der Waals surface area contributed by atoms with Gasteiger partial charge in [0.1, 0.15) is 0 Å². The lowest BCUT2D eigenvalue weighted by molar-refractivity contribution is -0.0802. The molecule has 0 spiro atoms. The molecule has 0 unspecified atom stereocenters. The second-order valence-electron chi connectivity index (χ2n) is 7.73. The fourth-order valence-electron chi connectivity index (χ4n) is 6.29. The van der Waals surface area contributed by atoms with E-state index in [0.717, 1.165) is 35.8 Å². The van der Waals surface area contributed by atoms with E-state index in [1.165, 1.54) is 32.5 Å². The first-order valence-electron chi connectivity index (χ1n) is 8.81. The number of hydrogen-bond donors (Lipinski definition) is 1. The highest BCUT2D eigenvalue weighted by atomic mass is 15.2. The average molecular weight is 262 g/mol. The summed E-state index contributed by atoms with van der Waals surface area (Å²) in [4.78, 5) is 2.95. The van der Waals surface area contributed by atoms with Gasteiger partial charge in [0.25, 0.3) is 0 Å². The quantitative estimate of drug-likeness (QED) is 0.841. The molecule has 0 atom stereocenters. The third-order valence-corrected chi connectivity index (χ3v) is 6.70. The smallest absolute Gasteiger partial charge is 0.0155 e. The number of piperidine rings is 1. The molecule has 108 valence electrons. The van der Waals surface area contributed by atoms with E-state index in [1.54, 1.807) is 32.1 Å². The van der Waals surface area contributed by atoms with E-state index in [9.17, 15) is 0 Å². The van der Waals surface area contributed by atoms with Crippen LogP contribution in [0.5, 0.6) is 0 Å². The first-order valence-corrected chi connectivity index (χ1v) is 8.81. The van der Waals surface area contributed by atoms with Gasteiger partial charge in [0, 0.05) is 12.1 Å². The van der Waals surface area contributed by atoms with Gasteiger partial charge in [0.2, 0.25) is 0 Å². The van der Waals surface area contributed by atoms with Gasteiger partial charge in [-0.25, -0.2) is 0 Å². The molecule has 1 heterocycles. The average Bonchev–Trinajstić information content (AvgIpc) is 2.43. The minimum atomic E-state index is 0.883. The minimum absolute atomic E-state index is 0.883. The summed E-state index contributed by atoms with van der Waals surface area (Å²) in [7, 11) is 0. The standard InChI is InChI=1S/C17H30N2/c1-2-19(16-3-5-18-6-4-16)17-14-8-12-7-13(10-14)11-15(17)9-12/h12-18H,2-11H2,1H3. The summed E-state index contributed by atoms with van der Waals surface area (Å²) in [5, 5.41) is 3.53. The molecule has 1 saturated heterocycles. The summed E-state index contributed by atoms with van der Waals surface area (Å²) in [6.45, 7) is 6.19. The second kappa shape index (κ2) is 5.04. The highest BCUT2D eigenvalue weighted by Crippen LogP contribution is 2.55. The van der Waals surface area contributed by atoms with Crippen LogP contribution in [0.3, 0.4) is 0 Å². The van der Waals surface area contributed by atoms with E-state index >= 15 is 0 Å². The molecule has 1 N–H and O–H groups in total. The van der Waals surface area contributed by atoms with E-state index in [4.69, 9.17) is 0 Å². The first kappa shape index (κ1) is 12.6. The molecule has 4 aliphatic carbocycles. The first-order chi connectivity index (χ1) is 9.35. The Hall–Kier alpha value is -0.0800. The lowest BCUT2D eigenvalue weighted by Crippen LogP contribution is -2.59. The van der Waals surface area contributed by atoms with Crippen molar-refractivity contribution >= 4 is 0 Å². The molecule has 0 aromatic rings. The van der Waals surface area contributed by atoms with Crippen LogP contribution in [0.1, 0.15) is 51.9 Å². The summed E-state index contributed by atoms with van der Waals surface area (Å²) in [6, 6.07) is 1.84. The van der Waals surface area contributed by atoms with Crippen molar-refractivity contribution in [3.8, 4) is 0 Å². The molecule has 0 aromatic heterocycles. The van der Waals surface area contributed by atoms with Crippen LogP contribution in [-0.2, 0) is 0 Å². The third kappa shape index (κ3) is 2.15. The molecule has 4 bridgehead atoms. The summed E-state index contributed by atoms with van der Waals surface area (Å²) in [5.74, 6) is 4.35. The highest BCUT2D eigenvalue weighted by Gasteiger charge is 2.50. The normalized spacial score (nSPS) is 46.1. The van der Waals surface area contributed by atoms with Crippen molar-refractivity contribution in [3.63, 3.8) is 0 Å². The van der Waals surface area contributed by atoms with Crippen LogP contribution in [0.15, 0.2) is 0 Å². The summed E-state index contributed by atoms with van der Waals surface area (Å²) in [6.07, 6.45) is 10.6. The van der Waals surface area contributed by atoms with Crippen LogP contribution in [0.2, 0.25) is 0 Å².